The van der Waals surface area contributed by atoms with Crippen molar-refractivity contribution in [2.24, 2.45) is 0 Å². The maximum Gasteiger partial charge on any atom is 1.00 e. The van der Waals surface area contributed by atoms with E-state index in [-0.39, 0.29) is 30.3 Å². The van der Waals surface area contributed by atoms with E-state index in [1.165, 1.54) is 12.4 Å². The van der Waals surface area contributed by atoms with E-state index >= 15 is 0 Å². The molecule has 5 heteroatoms. The fourth-order valence-corrected chi connectivity index (χ4v) is 0.149. The summed E-state index contributed by atoms with van der Waals surface area (Å²) < 4.78 is 0. The second kappa shape index (κ2) is 7.69. The zero-order valence-corrected chi connectivity index (χ0v) is 11.8. The minimum atomic E-state index is 0. The molecule has 0 aromatic carbocycles. The van der Waals surface area contributed by atoms with E-state index in [2.05, 4.69) is 49.5 Å². The molecule has 0 bridgehead atoms. The molecule has 3 nitrogen and oxygen atoms in total. The van der Waals surface area contributed by atoms with Crippen LogP contribution in [0.3, 0.4) is 0 Å². The van der Waals surface area contributed by atoms with E-state index in [1.807, 2.05) is 0 Å². The molecule has 0 N–H and O–H groups in total. The zero-order valence-electron chi connectivity index (χ0n) is 8.75. The van der Waals surface area contributed by atoms with Gasteiger partial charge in [0.1, 0.15) is 0 Å². The Bertz CT molecular complexity index is 165. The number of aromatic nitrogens is 3. The van der Waals surface area contributed by atoms with Gasteiger partial charge in [0.25, 0.3) is 0 Å². The van der Waals surface area contributed by atoms with Crippen LogP contribution >= 0.6 is 7.92 Å². The van der Waals surface area contributed by atoms with Crippen molar-refractivity contribution >= 4 is 7.92 Å². The molecule has 0 fully saturated rings. The molecule has 0 saturated carbocycles. The van der Waals surface area contributed by atoms with Gasteiger partial charge in [0, 0.05) is 0 Å². The fraction of sp³-hybridized carbons (Fsp3) is 0.750. The zero-order chi connectivity index (χ0) is 9.61. The molecular formula is C8H17AuN3P. The minimum absolute atomic E-state index is 0. The summed E-state index contributed by atoms with van der Waals surface area (Å²) in [4.78, 5) is 0. The van der Waals surface area contributed by atoms with Crippen LogP contribution in [0.25, 0.3) is 0 Å². The van der Waals surface area contributed by atoms with E-state index in [4.69, 9.17) is 0 Å². The van der Waals surface area contributed by atoms with Gasteiger partial charge in [0.15, 0.2) is 0 Å². The van der Waals surface area contributed by atoms with Gasteiger partial charge < -0.3 is 10.2 Å². The molecule has 0 radical (unpaired) electrons. The normalized spacial score (nSPS) is 10.0. The van der Waals surface area contributed by atoms with Crippen LogP contribution in [-0.4, -0.2) is 28.8 Å². The Morgan fingerprint density at radius 1 is 1.23 bits per heavy atom. The van der Waals surface area contributed by atoms with Crippen molar-refractivity contribution in [2.45, 2.75) is 25.9 Å². The van der Waals surface area contributed by atoms with Crippen molar-refractivity contribution in [3.8, 4) is 0 Å². The van der Waals surface area contributed by atoms with Crippen LogP contribution in [-0.2, 0) is 22.4 Å². The van der Waals surface area contributed by atoms with Gasteiger partial charge in [0.05, 0.1) is 0 Å². The van der Waals surface area contributed by atoms with E-state index in [0.717, 1.165) is 0 Å². The largest absolute Gasteiger partial charge is 1.00 e. The van der Waals surface area contributed by atoms with Crippen LogP contribution in [0.1, 0.15) is 20.8 Å². The molecule has 0 saturated heterocycles. The summed E-state index contributed by atoms with van der Waals surface area (Å²) in [6.07, 6.45) is 3.06. The Balaban J connectivity index is 0. The van der Waals surface area contributed by atoms with Gasteiger partial charge in [-0.25, -0.2) is 0 Å². The summed E-state index contributed by atoms with van der Waals surface area (Å²) in [6.45, 7) is 11.5. The molecule has 1 aromatic rings. The van der Waals surface area contributed by atoms with Crippen LogP contribution in [0.5, 0.6) is 0 Å². The molecule has 0 aliphatic carbocycles. The van der Waals surface area contributed by atoms with Crippen molar-refractivity contribution < 1.29 is 22.4 Å². The topological polar surface area (TPSA) is 39.9 Å². The summed E-state index contributed by atoms with van der Waals surface area (Å²) >= 11 is 0. The van der Waals surface area contributed by atoms with Crippen molar-refractivity contribution in [3.63, 3.8) is 0 Å². The summed E-state index contributed by atoms with van der Waals surface area (Å²) in [6, 6.07) is 0. The Hall–Kier alpha value is 0.310. The Labute approximate surface area is 97.3 Å². The van der Waals surface area contributed by atoms with Crippen LogP contribution in [0.15, 0.2) is 12.4 Å². The summed E-state index contributed by atoms with van der Waals surface area (Å²) in [5.41, 5.74) is 0. The summed E-state index contributed by atoms with van der Waals surface area (Å²) in [5.74, 6) is 0. The van der Waals surface area contributed by atoms with Crippen LogP contribution in [0.2, 0.25) is 0 Å². The molecule has 0 aliphatic heterocycles. The van der Waals surface area contributed by atoms with Gasteiger partial charge in [-0.2, -0.15) is 0 Å². The number of hydrogen-bond donors (Lipinski definition) is 0. The minimum Gasteiger partial charge on any atom is -0.359 e. The number of rotatable bonds is 0. The van der Waals surface area contributed by atoms with Crippen LogP contribution in [0.4, 0.5) is 0 Å². The maximum atomic E-state index is 3.36. The summed E-state index contributed by atoms with van der Waals surface area (Å²) in [7, 11) is 0.258. The molecule has 1 heterocycles. The molecular weight excluding hydrogens is 366 g/mol. The van der Waals surface area contributed by atoms with Gasteiger partial charge >= 0.3 is 22.4 Å². The quantitative estimate of drug-likeness (QED) is 0.508. The predicted molar refractivity (Wildman–Crippen MR) is 53.9 cm³/mol. The van der Waals surface area contributed by atoms with E-state index in [9.17, 15) is 0 Å². The molecule has 1 aromatic heterocycles. The average molecular weight is 383 g/mol. The first-order chi connectivity index (χ1) is 5.44. The SMILES string of the molecule is CP(C)C(C)(C)C.[Au+].c1c[n-]nn1. The third kappa shape index (κ3) is 10.2. The smallest absolute Gasteiger partial charge is 0.359 e. The fourth-order valence-electron chi connectivity index (χ4n) is 0.149. The number of nitrogens with zero attached hydrogens (tertiary/aromatic N) is 3. The molecule has 0 unspecified atom stereocenters. The molecule has 1 rings (SSSR count). The molecule has 0 amide bonds. The van der Waals surface area contributed by atoms with E-state index in [1.54, 1.807) is 0 Å². The van der Waals surface area contributed by atoms with Gasteiger partial charge in [-0.15, -0.1) is 7.92 Å². The van der Waals surface area contributed by atoms with E-state index < -0.39 is 0 Å². The number of hydrogen-bond acceptors (Lipinski definition) is 2. The van der Waals surface area contributed by atoms with Crippen molar-refractivity contribution in [3.05, 3.63) is 12.4 Å². The van der Waals surface area contributed by atoms with Crippen LogP contribution < -0.4 is 5.10 Å². The van der Waals surface area contributed by atoms with Gasteiger partial charge in [-0.05, 0) is 18.5 Å². The molecule has 0 aliphatic rings. The van der Waals surface area contributed by atoms with Gasteiger partial charge in [-0.1, -0.05) is 33.2 Å². The average Bonchev–Trinajstić information content (AvgIpc) is 2.39. The Morgan fingerprint density at radius 3 is 1.77 bits per heavy atom. The van der Waals surface area contributed by atoms with Crippen molar-refractivity contribution in [1.29, 1.82) is 0 Å². The Morgan fingerprint density at radius 2 is 1.69 bits per heavy atom. The van der Waals surface area contributed by atoms with E-state index in [0.29, 0.717) is 5.16 Å². The maximum absolute atomic E-state index is 3.36. The van der Waals surface area contributed by atoms with Crippen molar-refractivity contribution in [2.75, 3.05) is 13.3 Å². The van der Waals surface area contributed by atoms with Crippen LogP contribution in [0, 0.1) is 0 Å². The summed E-state index contributed by atoms with van der Waals surface area (Å²) in [5, 5.41) is 10.5. The third-order valence-corrected chi connectivity index (χ3v) is 4.33. The van der Waals surface area contributed by atoms with Gasteiger partial charge in [0.2, 0.25) is 0 Å². The first-order valence-electron chi connectivity index (χ1n) is 3.87. The Kier molecular flexibility index (Phi) is 9.33. The second-order valence-electron chi connectivity index (χ2n) is 3.68. The first kappa shape index (κ1) is 15.8. The third-order valence-electron chi connectivity index (χ3n) is 1.64. The predicted octanol–water partition coefficient (Wildman–Crippen LogP) is 1.96. The van der Waals surface area contributed by atoms with Gasteiger partial charge in [-0.3, -0.25) is 5.21 Å². The molecule has 80 valence electrons. The molecule has 0 spiro atoms. The molecule has 13 heavy (non-hydrogen) atoms. The molecule has 0 atom stereocenters. The standard InChI is InChI=1S/C6H15P.C2H2N3.Au/c1-6(2,3)7(4)5;1-2-4-5-3-1;/h1-5H3;1-2H;/q;-1;+1. The monoisotopic (exact) mass is 383 g/mol. The second-order valence-corrected chi connectivity index (χ2v) is 6.81. The first-order valence-corrected chi connectivity index (χ1v) is 6.10. The van der Waals surface area contributed by atoms with Crippen molar-refractivity contribution in [1.82, 2.24) is 15.4 Å².